The highest BCUT2D eigenvalue weighted by molar-refractivity contribution is 6.22. The van der Waals surface area contributed by atoms with Crippen molar-refractivity contribution in [3.63, 3.8) is 0 Å². The summed E-state index contributed by atoms with van der Waals surface area (Å²) >= 11 is 0. The first-order valence-corrected chi connectivity index (χ1v) is 11.2. The smallest absolute Gasteiger partial charge is 0.164 e. The number of pyridine rings is 1. The van der Waals surface area contributed by atoms with Gasteiger partial charge >= 0.3 is 0 Å². The number of aromatic nitrogens is 5. The average molecular weight is 444 g/mol. The fourth-order valence-electron chi connectivity index (χ4n) is 4.36. The van der Waals surface area contributed by atoms with E-state index in [2.05, 4.69) is 53.8 Å². The topological polar surface area (TPSA) is 110 Å². The molecule has 33 heavy (non-hydrogen) atoms. The van der Waals surface area contributed by atoms with Gasteiger partial charge in [-0.3, -0.25) is 9.67 Å². The lowest BCUT2D eigenvalue weighted by Gasteiger charge is -2.14. The van der Waals surface area contributed by atoms with E-state index in [1.807, 2.05) is 12.3 Å². The molecule has 1 saturated heterocycles. The molecule has 5 rings (SSSR count). The summed E-state index contributed by atoms with van der Waals surface area (Å²) < 4.78 is 2.12. The van der Waals surface area contributed by atoms with E-state index in [9.17, 15) is 0 Å². The van der Waals surface area contributed by atoms with E-state index < -0.39 is 0 Å². The van der Waals surface area contributed by atoms with Crippen LogP contribution in [0.25, 0.3) is 16.5 Å². The van der Waals surface area contributed by atoms with Crippen LogP contribution in [0.5, 0.6) is 0 Å². The van der Waals surface area contributed by atoms with E-state index in [0.29, 0.717) is 11.6 Å². The molecule has 2 aliphatic heterocycles. The summed E-state index contributed by atoms with van der Waals surface area (Å²) in [6, 6.07) is 3.89. The Labute approximate surface area is 193 Å². The molecule has 0 radical (unpaired) electrons. The van der Waals surface area contributed by atoms with Gasteiger partial charge in [-0.2, -0.15) is 5.10 Å². The standard InChI is InChI=1S/C22H27N9.C2H2/c1-24-17-6-2-3-11-31-18-12-20(27-19-7-8-25-21(28-19)15(17)13-23)26-14-16(18)22(29-31)30-9-4-5-10-30;1-2/h7-8,12-14H,2-6,9-11,23H2,1H3,(H,25,26,27,28);1-2H/b15-13+,24-17?;. The summed E-state index contributed by atoms with van der Waals surface area (Å²) in [7, 11) is 1.79. The van der Waals surface area contributed by atoms with Crippen molar-refractivity contribution >= 4 is 39.6 Å². The zero-order valence-electron chi connectivity index (χ0n) is 18.9. The maximum absolute atomic E-state index is 5.94. The van der Waals surface area contributed by atoms with Gasteiger partial charge in [0.1, 0.15) is 11.6 Å². The molecule has 9 nitrogen and oxygen atoms in total. The van der Waals surface area contributed by atoms with Crippen LogP contribution in [0, 0.1) is 12.8 Å². The Balaban J connectivity index is 0.00000126. The highest BCUT2D eigenvalue weighted by Crippen LogP contribution is 2.31. The number of nitrogens with zero attached hydrogens (tertiary/aromatic N) is 7. The van der Waals surface area contributed by atoms with Gasteiger partial charge in [-0.15, -0.1) is 12.8 Å². The van der Waals surface area contributed by atoms with Gasteiger partial charge in [0.2, 0.25) is 0 Å². The van der Waals surface area contributed by atoms with Crippen molar-refractivity contribution in [2.75, 3.05) is 30.4 Å². The quantitative estimate of drug-likeness (QED) is 0.555. The van der Waals surface area contributed by atoms with Crippen LogP contribution in [0.3, 0.4) is 0 Å². The van der Waals surface area contributed by atoms with Crippen molar-refractivity contribution in [2.45, 2.75) is 38.6 Å². The van der Waals surface area contributed by atoms with Gasteiger partial charge < -0.3 is 16.0 Å². The second-order valence-electron chi connectivity index (χ2n) is 7.93. The molecule has 2 aliphatic rings. The molecule has 3 aromatic rings. The zero-order chi connectivity index (χ0) is 23.2. The molecule has 4 bridgehead atoms. The highest BCUT2D eigenvalue weighted by atomic mass is 15.4. The van der Waals surface area contributed by atoms with Gasteiger partial charge in [-0.05, 0) is 38.2 Å². The summed E-state index contributed by atoms with van der Waals surface area (Å²) in [6.07, 6.45) is 18.4. The molecule has 0 spiro atoms. The molecule has 0 amide bonds. The summed E-state index contributed by atoms with van der Waals surface area (Å²) in [5, 5.41) is 9.40. The van der Waals surface area contributed by atoms with Crippen LogP contribution in [0.2, 0.25) is 0 Å². The van der Waals surface area contributed by atoms with E-state index in [-0.39, 0.29) is 0 Å². The summed E-state index contributed by atoms with van der Waals surface area (Å²) in [6.45, 7) is 2.95. The zero-order valence-corrected chi connectivity index (χ0v) is 18.9. The minimum Gasteiger partial charge on any atom is -0.404 e. The van der Waals surface area contributed by atoms with Gasteiger partial charge in [-0.1, -0.05) is 0 Å². The van der Waals surface area contributed by atoms with Crippen LogP contribution in [0.15, 0.2) is 35.7 Å². The van der Waals surface area contributed by atoms with Crippen molar-refractivity contribution < 1.29 is 0 Å². The number of hydrogen-bond acceptors (Lipinski definition) is 8. The SMILES string of the molecule is C#C.CN=C1CCCCn2nc(N3CCCC3)c3cnc(cc32)Nc2ccnc(n2)/C1=C/N. The second kappa shape index (κ2) is 10.1. The van der Waals surface area contributed by atoms with Crippen LogP contribution in [-0.4, -0.2) is 50.6 Å². The third-order valence-corrected chi connectivity index (χ3v) is 5.96. The Hall–Kier alpha value is -3.93. The first-order valence-electron chi connectivity index (χ1n) is 11.2. The van der Waals surface area contributed by atoms with Gasteiger partial charge in [0, 0.05) is 57.1 Å². The fourth-order valence-corrected chi connectivity index (χ4v) is 4.36. The van der Waals surface area contributed by atoms with Gasteiger partial charge in [0.15, 0.2) is 11.6 Å². The highest BCUT2D eigenvalue weighted by Gasteiger charge is 2.21. The number of anilines is 3. The number of rotatable bonds is 1. The summed E-state index contributed by atoms with van der Waals surface area (Å²) in [5.74, 6) is 3.00. The van der Waals surface area contributed by atoms with Crippen molar-refractivity contribution in [3.8, 4) is 12.8 Å². The van der Waals surface area contributed by atoms with E-state index in [1.54, 1.807) is 19.4 Å². The lowest BCUT2D eigenvalue weighted by molar-refractivity contribution is 0.578. The van der Waals surface area contributed by atoms with E-state index in [1.165, 1.54) is 12.8 Å². The maximum atomic E-state index is 5.94. The van der Waals surface area contributed by atoms with Crippen molar-refractivity contribution in [1.82, 2.24) is 24.7 Å². The van der Waals surface area contributed by atoms with Crippen LogP contribution in [0.4, 0.5) is 17.5 Å². The molecular formula is C24H29N9. The number of terminal acetylenes is 1. The molecule has 3 N–H and O–H groups in total. The number of nitrogens with one attached hydrogen (secondary N) is 1. The van der Waals surface area contributed by atoms with Crippen molar-refractivity contribution in [1.29, 1.82) is 0 Å². The minimum atomic E-state index is 0.563. The molecule has 0 saturated carbocycles. The average Bonchev–Trinajstić information content (AvgIpc) is 3.50. The molecule has 5 heterocycles. The molecule has 3 aromatic heterocycles. The number of nitrogens with two attached hydrogens (primary N) is 1. The van der Waals surface area contributed by atoms with Gasteiger partial charge in [0.05, 0.1) is 16.5 Å². The normalized spacial score (nSPS) is 18.7. The van der Waals surface area contributed by atoms with Crippen molar-refractivity contribution in [2.24, 2.45) is 10.7 Å². The molecule has 1 fully saturated rings. The Morgan fingerprint density at radius 3 is 2.64 bits per heavy atom. The van der Waals surface area contributed by atoms with Gasteiger partial charge in [0.25, 0.3) is 0 Å². The number of hydrogen-bond donors (Lipinski definition) is 2. The fraction of sp³-hybridized carbons (Fsp3) is 0.375. The molecule has 9 heteroatoms. The minimum absolute atomic E-state index is 0.563. The largest absolute Gasteiger partial charge is 0.404 e. The van der Waals surface area contributed by atoms with Crippen LogP contribution in [-0.2, 0) is 6.54 Å². The molecule has 0 unspecified atom stereocenters. The Kier molecular flexibility index (Phi) is 6.83. The number of aryl methyl sites for hydroxylation is 1. The predicted octanol–water partition coefficient (Wildman–Crippen LogP) is 3.37. The van der Waals surface area contributed by atoms with E-state index in [0.717, 1.165) is 72.7 Å². The van der Waals surface area contributed by atoms with Crippen molar-refractivity contribution in [3.05, 3.63) is 36.6 Å². The molecular weight excluding hydrogens is 414 g/mol. The molecule has 170 valence electrons. The Morgan fingerprint density at radius 2 is 1.88 bits per heavy atom. The molecule has 0 atom stereocenters. The number of aliphatic imine (C=N–C) groups is 1. The lowest BCUT2D eigenvalue weighted by atomic mass is 10.0. The first-order chi connectivity index (χ1) is 16.3. The van der Waals surface area contributed by atoms with E-state index in [4.69, 9.17) is 10.8 Å². The predicted molar refractivity (Wildman–Crippen MR) is 134 cm³/mol. The van der Waals surface area contributed by atoms with Crippen LogP contribution in [0.1, 0.15) is 37.9 Å². The van der Waals surface area contributed by atoms with E-state index >= 15 is 0 Å². The maximum Gasteiger partial charge on any atom is 0.164 e. The van der Waals surface area contributed by atoms with Crippen LogP contribution >= 0.6 is 0 Å². The van der Waals surface area contributed by atoms with Gasteiger partial charge in [-0.25, -0.2) is 15.0 Å². The molecule has 0 aliphatic carbocycles. The third-order valence-electron chi connectivity index (χ3n) is 5.96. The summed E-state index contributed by atoms with van der Waals surface area (Å²) in [4.78, 5) is 20.6. The summed E-state index contributed by atoms with van der Waals surface area (Å²) in [5.41, 5.74) is 8.71. The second-order valence-corrected chi connectivity index (χ2v) is 7.93. The first kappa shape index (κ1) is 22.3. The Morgan fingerprint density at radius 1 is 1.09 bits per heavy atom. The third kappa shape index (κ3) is 4.51. The number of allylic oxidation sites excluding steroid dienone is 1. The Bertz CT molecular complexity index is 1200. The lowest BCUT2D eigenvalue weighted by Crippen LogP contribution is -2.18. The monoisotopic (exact) mass is 443 g/mol. The number of fused-ring (bicyclic) bond motifs is 3. The van der Waals surface area contributed by atoms with Crippen LogP contribution < -0.4 is 16.0 Å². The molecule has 0 aromatic carbocycles.